The first-order valence-corrected chi connectivity index (χ1v) is 3.15. The first-order valence-electron chi connectivity index (χ1n) is 2.49. The summed E-state index contributed by atoms with van der Waals surface area (Å²) in [5, 5.41) is 0. The van der Waals surface area contributed by atoms with Crippen molar-refractivity contribution in [1.82, 2.24) is 0 Å². The van der Waals surface area contributed by atoms with Gasteiger partial charge in [0.2, 0.25) is 0 Å². The van der Waals surface area contributed by atoms with E-state index in [1.807, 2.05) is 24.9 Å². The Morgan fingerprint density at radius 1 is 1.50 bits per heavy atom. The standard InChI is InChI=1S/C6H10N.Al/c1-5(2)4-6(3)7;/h1,4H,7H2,2-3H3;/b5-1?,6-4-;. The molecule has 0 aliphatic heterocycles. The van der Waals surface area contributed by atoms with E-state index < -0.39 is 0 Å². The molecule has 0 aliphatic carbocycles. The van der Waals surface area contributed by atoms with Crippen LogP contribution in [0.25, 0.3) is 0 Å². The molecule has 2 radical (unpaired) electrons. The Balaban J connectivity index is 3.89. The number of hydrogen-bond acceptors (Lipinski definition) is 1. The number of nitrogens with two attached hydrogens (primary N) is 1. The highest BCUT2D eigenvalue weighted by molar-refractivity contribution is 6.17. The Hall–Kier alpha value is -0.188. The van der Waals surface area contributed by atoms with Gasteiger partial charge >= 0.3 is 0 Å². The lowest BCUT2D eigenvalue weighted by Crippen LogP contribution is -1.89. The van der Waals surface area contributed by atoms with Crippen molar-refractivity contribution in [3.63, 3.8) is 0 Å². The Kier molecular flexibility index (Phi) is 3.68. The van der Waals surface area contributed by atoms with E-state index in [1.54, 1.807) is 0 Å². The molecule has 0 saturated heterocycles. The molecule has 0 saturated carbocycles. The van der Waals surface area contributed by atoms with Crippen molar-refractivity contribution in [3.8, 4) is 0 Å². The van der Waals surface area contributed by atoms with Crippen LogP contribution >= 0.6 is 0 Å². The van der Waals surface area contributed by atoms with Gasteiger partial charge in [0, 0.05) is 5.70 Å². The average molecular weight is 123 g/mol. The summed E-state index contributed by atoms with van der Waals surface area (Å²) in [5.74, 6) is 0. The maximum Gasteiger partial charge on any atom is 0.162 e. The molecule has 0 amide bonds. The summed E-state index contributed by atoms with van der Waals surface area (Å²) in [4.78, 5) is 1.94. The van der Waals surface area contributed by atoms with Crippen molar-refractivity contribution < 1.29 is 0 Å². The van der Waals surface area contributed by atoms with Crippen LogP contribution < -0.4 is 5.73 Å². The number of hydrogen-bond donors (Lipinski definition) is 1. The van der Waals surface area contributed by atoms with E-state index in [9.17, 15) is 0 Å². The minimum absolute atomic E-state index is 0.848. The first-order chi connectivity index (χ1) is 3.66. The first kappa shape index (κ1) is 7.81. The van der Waals surface area contributed by atoms with Gasteiger partial charge in [0.1, 0.15) is 0 Å². The van der Waals surface area contributed by atoms with Crippen LogP contribution in [0.2, 0.25) is 0 Å². The quantitative estimate of drug-likeness (QED) is 0.407. The third kappa shape index (κ3) is 3.98. The minimum Gasteiger partial charge on any atom is -0.402 e. The molecule has 0 rings (SSSR count). The van der Waals surface area contributed by atoms with E-state index >= 15 is 0 Å². The van der Waals surface area contributed by atoms with Gasteiger partial charge < -0.3 is 5.73 Å². The third-order valence-corrected chi connectivity index (χ3v) is 1.24. The van der Waals surface area contributed by atoms with Crippen LogP contribution in [0, 0.1) is 0 Å². The Labute approximate surface area is 58.7 Å². The normalized spacial score (nSPS) is 14.2. The highest BCUT2D eigenvalue weighted by Gasteiger charge is 1.76. The van der Waals surface area contributed by atoms with E-state index in [2.05, 4.69) is 16.3 Å². The molecule has 0 unspecified atom stereocenters. The van der Waals surface area contributed by atoms with Gasteiger partial charge in [-0.15, -0.1) is 0 Å². The fraction of sp³-hybridized carbons (Fsp3) is 0.333. The van der Waals surface area contributed by atoms with Gasteiger partial charge in [-0.2, -0.15) is 4.94 Å². The highest BCUT2D eigenvalue weighted by Crippen LogP contribution is 1.93. The fourth-order valence-electron chi connectivity index (χ4n) is 0.407. The van der Waals surface area contributed by atoms with E-state index in [0.29, 0.717) is 0 Å². The van der Waals surface area contributed by atoms with Gasteiger partial charge in [0.15, 0.2) is 16.3 Å². The molecule has 2 heteroatoms. The molecule has 0 atom stereocenters. The Morgan fingerprint density at radius 3 is 2.12 bits per heavy atom. The molecule has 2 N–H and O–H groups in total. The highest BCUT2D eigenvalue weighted by atomic mass is 27.0. The van der Waals surface area contributed by atoms with Crippen LogP contribution in [0.1, 0.15) is 13.8 Å². The Morgan fingerprint density at radius 2 is 2.00 bits per heavy atom. The second-order valence-electron chi connectivity index (χ2n) is 1.80. The lowest BCUT2D eigenvalue weighted by molar-refractivity contribution is 1.29. The van der Waals surface area contributed by atoms with Crippen LogP contribution in [-0.2, 0) is 0 Å². The molecule has 0 bridgehead atoms. The van der Waals surface area contributed by atoms with Gasteiger partial charge in [-0.1, -0.05) is 5.57 Å². The van der Waals surface area contributed by atoms with Crippen LogP contribution in [0.15, 0.2) is 22.3 Å². The zero-order valence-electron chi connectivity index (χ0n) is 5.31. The SMILES string of the molecule is C/C(N)=C/C(C)=[CH]\[Al]. The molecule has 0 spiro atoms. The van der Waals surface area contributed by atoms with Gasteiger partial charge in [-0.05, 0) is 19.9 Å². The van der Waals surface area contributed by atoms with Crippen molar-refractivity contribution in [2.45, 2.75) is 13.8 Å². The molecule has 0 aliphatic rings. The molecule has 0 aromatic rings. The maximum atomic E-state index is 5.38. The second-order valence-corrected chi connectivity index (χ2v) is 2.13. The zero-order valence-corrected chi connectivity index (χ0v) is 6.46. The smallest absolute Gasteiger partial charge is 0.162 e. The monoisotopic (exact) mass is 123 g/mol. The summed E-state index contributed by atoms with van der Waals surface area (Å²) in [6, 6.07) is 0. The molecule has 0 fully saturated rings. The minimum atomic E-state index is 0.848. The van der Waals surface area contributed by atoms with Crippen LogP contribution in [0.5, 0.6) is 0 Å². The molecule has 1 nitrogen and oxygen atoms in total. The molecular formula is C6H10AlN. The molecular weight excluding hydrogens is 113 g/mol. The average Bonchev–Trinajstić information content (AvgIpc) is 1.65. The Bertz CT molecular complexity index is 120. The summed E-state index contributed by atoms with van der Waals surface area (Å²) in [6.45, 7) is 3.88. The summed E-state index contributed by atoms with van der Waals surface area (Å²) in [5.41, 5.74) is 7.40. The van der Waals surface area contributed by atoms with Crippen molar-refractivity contribution in [2.75, 3.05) is 0 Å². The van der Waals surface area contributed by atoms with Gasteiger partial charge in [-0.25, -0.2) is 0 Å². The van der Waals surface area contributed by atoms with Crippen molar-refractivity contribution in [2.24, 2.45) is 5.73 Å². The summed E-state index contributed by atoms with van der Waals surface area (Å²) in [6.07, 6.45) is 1.92. The molecule has 42 valence electrons. The van der Waals surface area contributed by atoms with Crippen molar-refractivity contribution in [3.05, 3.63) is 22.3 Å². The summed E-state index contributed by atoms with van der Waals surface area (Å²) >= 11 is 2.52. The lowest BCUT2D eigenvalue weighted by Gasteiger charge is -1.89. The largest absolute Gasteiger partial charge is 0.402 e. The van der Waals surface area contributed by atoms with Gasteiger partial charge in [0.25, 0.3) is 0 Å². The topological polar surface area (TPSA) is 26.0 Å². The van der Waals surface area contributed by atoms with E-state index in [0.717, 1.165) is 5.70 Å². The van der Waals surface area contributed by atoms with Crippen molar-refractivity contribution >= 4 is 16.3 Å². The zero-order chi connectivity index (χ0) is 6.57. The maximum absolute atomic E-state index is 5.38. The molecule has 0 aromatic carbocycles. The molecule has 0 heterocycles. The lowest BCUT2D eigenvalue weighted by atomic mass is 10.3. The van der Waals surface area contributed by atoms with Crippen LogP contribution in [0.3, 0.4) is 0 Å². The van der Waals surface area contributed by atoms with Gasteiger partial charge in [0.05, 0.1) is 0 Å². The third-order valence-electron chi connectivity index (χ3n) is 0.718. The second kappa shape index (κ2) is 3.77. The summed E-state index contributed by atoms with van der Waals surface area (Å²) < 4.78 is 0. The van der Waals surface area contributed by atoms with Crippen LogP contribution in [-0.4, -0.2) is 16.3 Å². The van der Waals surface area contributed by atoms with Crippen LogP contribution in [0.4, 0.5) is 0 Å². The fourth-order valence-corrected chi connectivity index (χ4v) is 0.503. The number of rotatable bonds is 1. The van der Waals surface area contributed by atoms with E-state index in [1.165, 1.54) is 5.57 Å². The predicted molar refractivity (Wildman–Crippen MR) is 37.5 cm³/mol. The van der Waals surface area contributed by atoms with Crippen molar-refractivity contribution in [1.29, 1.82) is 0 Å². The summed E-state index contributed by atoms with van der Waals surface area (Å²) in [7, 11) is 0. The van der Waals surface area contributed by atoms with E-state index in [4.69, 9.17) is 5.73 Å². The molecule has 8 heavy (non-hydrogen) atoms. The predicted octanol–water partition coefficient (Wildman–Crippen LogP) is 0.921. The number of allylic oxidation sites excluding steroid dienone is 3. The molecule has 0 aromatic heterocycles. The van der Waals surface area contributed by atoms with E-state index in [-0.39, 0.29) is 0 Å². The van der Waals surface area contributed by atoms with Gasteiger partial charge in [-0.3, -0.25) is 0 Å².